The number of nitrogens with one attached hydrogen (secondary N) is 2. The Morgan fingerprint density at radius 3 is 2.74 bits per heavy atom. The Hall–Kier alpha value is -4.14. The van der Waals surface area contributed by atoms with E-state index in [0.717, 1.165) is 22.0 Å². The SMILES string of the molecule is COc1ccccc1Nc1nc(N)nc(COC(=O)c2cc3c(C)cc(C)cc3[nH]2)n1. The van der Waals surface area contributed by atoms with Crippen molar-refractivity contribution in [2.45, 2.75) is 20.5 Å². The molecule has 4 N–H and O–H groups in total. The van der Waals surface area contributed by atoms with Crippen molar-refractivity contribution in [3.05, 3.63) is 65.1 Å². The summed E-state index contributed by atoms with van der Waals surface area (Å²) < 4.78 is 10.7. The van der Waals surface area contributed by atoms with Crippen LogP contribution in [0, 0.1) is 13.8 Å². The number of nitrogen functional groups attached to an aromatic ring is 1. The topological polar surface area (TPSA) is 128 Å². The number of ether oxygens (including phenoxy) is 2. The molecular weight excluding hydrogens is 396 g/mol. The lowest BCUT2D eigenvalue weighted by Gasteiger charge is -2.10. The molecule has 0 fully saturated rings. The summed E-state index contributed by atoms with van der Waals surface area (Å²) in [5.41, 5.74) is 9.92. The van der Waals surface area contributed by atoms with Crippen LogP contribution in [0.3, 0.4) is 0 Å². The van der Waals surface area contributed by atoms with E-state index in [1.54, 1.807) is 19.2 Å². The Bertz CT molecular complexity index is 1270. The summed E-state index contributed by atoms with van der Waals surface area (Å²) in [5.74, 6) is 0.571. The highest BCUT2D eigenvalue weighted by Crippen LogP contribution is 2.26. The third-order valence-corrected chi connectivity index (χ3v) is 4.69. The zero-order valence-corrected chi connectivity index (χ0v) is 17.4. The Kier molecular flexibility index (Phi) is 5.40. The number of hydrogen-bond donors (Lipinski definition) is 3. The van der Waals surface area contributed by atoms with Gasteiger partial charge in [-0.15, -0.1) is 0 Å². The van der Waals surface area contributed by atoms with E-state index >= 15 is 0 Å². The lowest BCUT2D eigenvalue weighted by atomic mass is 10.1. The number of anilines is 3. The third-order valence-electron chi connectivity index (χ3n) is 4.69. The van der Waals surface area contributed by atoms with E-state index < -0.39 is 5.97 Å². The summed E-state index contributed by atoms with van der Waals surface area (Å²) in [7, 11) is 1.57. The fourth-order valence-corrected chi connectivity index (χ4v) is 3.34. The summed E-state index contributed by atoms with van der Waals surface area (Å²) >= 11 is 0. The van der Waals surface area contributed by atoms with E-state index in [9.17, 15) is 4.79 Å². The van der Waals surface area contributed by atoms with Gasteiger partial charge in [0, 0.05) is 10.9 Å². The van der Waals surface area contributed by atoms with Crippen LogP contribution in [0.2, 0.25) is 0 Å². The van der Waals surface area contributed by atoms with Crippen molar-refractivity contribution in [3.63, 3.8) is 0 Å². The minimum absolute atomic E-state index is 0.00941. The van der Waals surface area contributed by atoms with Gasteiger partial charge in [-0.25, -0.2) is 4.79 Å². The molecule has 4 aromatic rings. The molecule has 4 rings (SSSR count). The molecule has 0 atom stereocenters. The molecule has 0 aliphatic rings. The summed E-state index contributed by atoms with van der Waals surface area (Å²) in [5, 5.41) is 4.02. The van der Waals surface area contributed by atoms with Crippen molar-refractivity contribution in [2.24, 2.45) is 0 Å². The number of aromatic amines is 1. The van der Waals surface area contributed by atoms with Crippen LogP contribution in [0.25, 0.3) is 10.9 Å². The van der Waals surface area contributed by atoms with Crippen molar-refractivity contribution in [1.82, 2.24) is 19.9 Å². The smallest absolute Gasteiger partial charge is 0.355 e. The Morgan fingerprint density at radius 2 is 1.94 bits per heavy atom. The van der Waals surface area contributed by atoms with Crippen molar-refractivity contribution < 1.29 is 14.3 Å². The predicted octanol–water partition coefficient (Wildman–Crippen LogP) is 3.66. The number of benzene rings is 2. The van der Waals surface area contributed by atoms with Crippen LogP contribution in [-0.2, 0) is 11.3 Å². The monoisotopic (exact) mass is 418 g/mol. The summed E-state index contributed by atoms with van der Waals surface area (Å²) in [6, 6.07) is 13.2. The van der Waals surface area contributed by atoms with Gasteiger partial charge in [-0.3, -0.25) is 0 Å². The van der Waals surface area contributed by atoms with Gasteiger partial charge in [0.1, 0.15) is 11.4 Å². The first kappa shape index (κ1) is 20.1. The summed E-state index contributed by atoms with van der Waals surface area (Å²) in [6.07, 6.45) is 0. The zero-order chi connectivity index (χ0) is 22.0. The van der Waals surface area contributed by atoms with E-state index in [-0.39, 0.29) is 24.3 Å². The van der Waals surface area contributed by atoms with Crippen LogP contribution in [0.5, 0.6) is 5.75 Å². The largest absolute Gasteiger partial charge is 0.495 e. The first-order chi connectivity index (χ1) is 14.9. The second kappa shape index (κ2) is 8.31. The van der Waals surface area contributed by atoms with Gasteiger partial charge in [0.15, 0.2) is 12.4 Å². The molecule has 0 aliphatic heterocycles. The number of aryl methyl sites for hydroxylation is 2. The van der Waals surface area contributed by atoms with Gasteiger partial charge in [-0.1, -0.05) is 18.2 Å². The maximum absolute atomic E-state index is 12.5. The molecule has 9 heteroatoms. The highest BCUT2D eigenvalue weighted by atomic mass is 16.5. The number of H-pyrrole nitrogens is 1. The third kappa shape index (κ3) is 4.40. The van der Waals surface area contributed by atoms with Crippen LogP contribution in [0.15, 0.2) is 42.5 Å². The fraction of sp³-hybridized carbons (Fsp3) is 0.182. The molecule has 0 amide bonds. The van der Waals surface area contributed by atoms with E-state index in [4.69, 9.17) is 15.2 Å². The molecule has 9 nitrogen and oxygen atoms in total. The van der Waals surface area contributed by atoms with Crippen LogP contribution in [0.4, 0.5) is 17.6 Å². The van der Waals surface area contributed by atoms with Gasteiger partial charge in [0.05, 0.1) is 12.8 Å². The number of fused-ring (bicyclic) bond motifs is 1. The quantitative estimate of drug-likeness (QED) is 0.405. The standard InChI is InChI=1S/C22H22N6O3/c1-12-8-13(2)14-10-17(24-16(14)9-12)20(29)31-11-19-26-21(23)28-22(27-19)25-15-6-4-5-7-18(15)30-3/h4-10,24H,11H2,1-3H3,(H3,23,25,26,27,28). The van der Waals surface area contributed by atoms with Gasteiger partial charge in [-0.2, -0.15) is 15.0 Å². The van der Waals surface area contributed by atoms with E-state index in [1.807, 2.05) is 38.1 Å². The molecule has 0 unspecified atom stereocenters. The molecule has 0 spiro atoms. The second-order valence-electron chi connectivity index (χ2n) is 7.06. The van der Waals surface area contributed by atoms with E-state index in [2.05, 4.69) is 31.3 Å². The molecule has 2 heterocycles. The molecule has 0 saturated heterocycles. The van der Waals surface area contributed by atoms with Crippen LogP contribution < -0.4 is 15.8 Å². The maximum atomic E-state index is 12.5. The number of para-hydroxylation sites is 2. The molecule has 31 heavy (non-hydrogen) atoms. The molecule has 0 saturated carbocycles. The number of aromatic nitrogens is 4. The minimum atomic E-state index is -0.508. The van der Waals surface area contributed by atoms with Gasteiger partial charge in [-0.05, 0) is 49.2 Å². The highest BCUT2D eigenvalue weighted by molar-refractivity contribution is 5.96. The molecular formula is C22H22N6O3. The molecule has 158 valence electrons. The fourth-order valence-electron chi connectivity index (χ4n) is 3.34. The van der Waals surface area contributed by atoms with Gasteiger partial charge in [0.25, 0.3) is 0 Å². The highest BCUT2D eigenvalue weighted by Gasteiger charge is 2.14. The molecule has 0 aliphatic carbocycles. The molecule has 2 aromatic heterocycles. The van der Waals surface area contributed by atoms with E-state index in [1.165, 1.54) is 0 Å². The maximum Gasteiger partial charge on any atom is 0.355 e. The van der Waals surface area contributed by atoms with Crippen LogP contribution >= 0.6 is 0 Å². The van der Waals surface area contributed by atoms with Crippen LogP contribution in [-0.4, -0.2) is 33.0 Å². The second-order valence-corrected chi connectivity index (χ2v) is 7.06. The molecule has 0 radical (unpaired) electrons. The normalized spacial score (nSPS) is 10.8. The van der Waals surface area contributed by atoms with Gasteiger partial charge >= 0.3 is 5.97 Å². The first-order valence-electron chi connectivity index (χ1n) is 9.60. The molecule has 0 bridgehead atoms. The summed E-state index contributed by atoms with van der Waals surface area (Å²) in [4.78, 5) is 28.1. The van der Waals surface area contributed by atoms with Crippen molar-refractivity contribution in [3.8, 4) is 5.75 Å². The first-order valence-corrected chi connectivity index (χ1v) is 9.60. The number of nitrogens with two attached hydrogens (primary N) is 1. The number of esters is 1. The van der Waals surface area contributed by atoms with Crippen molar-refractivity contribution >= 4 is 34.5 Å². The lowest BCUT2D eigenvalue weighted by molar-refractivity contribution is 0.0456. The van der Waals surface area contributed by atoms with Crippen LogP contribution in [0.1, 0.15) is 27.4 Å². The predicted molar refractivity (Wildman–Crippen MR) is 117 cm³/mol. The molecule has 2 aromatic carbocycles. The Balaban J connectivity index is 1.49. The number of nitrogens with zero attached hydrogens (tertiary/aromatic N) is 3. The lowest BCUT2D eigenvalue weighted by Crippen LogP contribution is -2.11. The Labute approximate surface area is 178 Å². The van der Waals surface area contributed by atoms with Gasteiger partial charge in [0.2, 0.25) is 11.9 Å². The number of rotatable bonds is 6. The zero-order valence-electron chi connectivity index (χ0n) is 17.4. The van der Waals surface area contributed by atoms with Gasteiger partial charge < -0.3 is 25.5 Å². The van der Waals surface area contributed by atoms with E-state index in [0.29, 0.717) is 17.1 Å². The number of carbonyl (C=O) groups excluding carboxylic acids is 1. The summed E-state index contributed by atoms with van der Waals surface area (Å²) in [6.45, 7) is 3.86. The van der Waals surface area contributed by atoms with Crippen molar-refractivity contribution in [1.29, 1.82) is 0 Å². The Morgan fingerprint density at radius 1 is 1.13 bits per heavy atom. The average Bonchev–Trinajstić information content (AvgIpc) is 3.16. The average molecular weight is 418 g/mol. The number of carbonyl (C=O) groups is 1. The van der Waals surface area contributed by atoms with Crippen molar-refractivity contribution in [2.75, 3.05) is 18.2 Å². The minimum Gasteiger partial charge on any atom is -0.495 e. The number of hydrogen-bond acceptors (Lipinski definition) is 8. The number of methoxy groups -OCH3 is 1.